The fourth-order valence-electron chi connectivity index (χ4n) is 2.55. The van der Waals surface area contributed by atoms with E-state index in [4.69, 9.17) is 23.4 Å². The number of hydrogen-bond donors (Lipinski definition) is 0. The Morgan fingerprint density at radius 1 is 1.14 bits per heavy atom. The molecule has 2 saturated heterocycles. The topological polar surface area (TPSA) is 46.2 Å². The summed E-state index contributed by atoms with van der Waals surface area (Å²) in [7, 11) is -0.305. The van der Waals surface area contributed by atoms with E-state index < -0.39 is 20.4 Å². The third-order valence-corrected chi connectivity index (χ3v) is 9.18. The molecule has 0 aromatic rings. The van der Waals surface area contributed by atoms with Gasteiger partial charge in [-0.3, -0.25) is 0 Å². The number of hydrogen-bond acceptors (Lipinski definition) is 5. The highest BCUT2D eigenvalue weighted by molar-refractivity contribution is 6.74. The van der Waals surface area contributed by atoms with Gasteiger partial charge in [-0.1, -0.05) is 20.8 Å². The first kappa shape index (κ1) is 17.4. The van der Waals surface area contributed by atoms with Crippen LogP contribution in [-0.2, 0) is 23.4 Å². The SMILES string of the molecule is CO[C@@H]1OC[C@@H]2OC(C)(C)O[C@@H]2[C@H]1O[Si](C)(C)C(C)(C)C. The normalized spacial score (nSPS) is 36.6. The Morgan fingerprint density at radius 3 is 2.29 bits per heavy atom. The highest BCUT2D eigenvalue weighted by Crippen LogP contribution is 2.42. The highest BCUT2D eigenvalue weighted by Gasteiger charge is 2.54. The first-order chi connectivity index (χ1) is 9.47. The summed E-state index contributed by atoms with van der Waals surface area (Å²) < 4.78 is 29.8. The van der Waals surface area contributed by atoms with Gasteiger partial charge in [-0.15, -0.1) is 0 Å². The van der Waals surface area contributed by atoms with Gasteiger partial charge < -0.3 is 23.4 Å². The molecule has 21 heavy (non-hydrogen) atoms. The summed E-state index contributed by atoms with van der Waals surface area (Å²) in [5.41, 5.74) is 0. The molecular formula is C15H30O5Si. The molecule has 0 radical (unpaired) electrons. The van der Waals surface area contributed by atoms with E-state index in [0.29, 0.717) is 6.61 Å². The van der Waals surface area contributed by atoms with Crippen molar-refractivity contribution in [3.63, 3.8) is 0 Å². The minimum absolute atomic E-state index is 0.0961. The second kappa shape index (κ2) is 5.58. The lowest BCUT2D eigenvalue weighted by atomic mass is 10.1. The number of rotatable bonds is 3. The molecule has 0 N–H and O–H groups in total. The van der Waals surface area contributed by atoms with Crippen LogP contribution in [0.3, 0.4) is 0 Å². The van der Waals surface area contributed by atoms with Gasteiger partial charge in [-0.2, -0.15) is 0 Å². The molecule has 0 amide bonds. The van der Waals surface area contributed by atoms with E-state index in [1.807, 2.05) is 13.8 Å². The molecule has 0 aromatic heterocycles. The van der Waals surface area contributed by atoms with Crippen LogP contribution in [-0.4, -0.2) is 52.4 Å². The van der Waals surface area contributed by atoms with Gasteiger partial charge in [0.25, 0.3) is 0 Å². The van der Waals surface area contributed by atoms with Crippen molar-refractivity contribution in [3.05, 3.63) is 0 Å². The lowest BCUT2D eigenvalue weighted by Gasteiger charge is -2.44. The van der Waals surface area contributed by atoms with Crippen molar-refractivity contribution in [1.82, 2.24) is 0 Å². The largest absolute Gasteiger partial charge is 0.406 e. The third-order valence-electron chi connectivity index (χ3n) is 4.71. The predicted octanol–water partition coefficient (Wildman–Crippen LogP) is 2.90. The highest BCUT2D eigenvalue weighted by atomic mass is 28.4. The van der Waals surface area contributed by atoms with E-state index in [1.54, 1.807) is 7.11 Å². The molecule has 0 aromatic carbocycles. The molecule has 0 spiro atoms. The van der Waals surface area contributed by atoms with Crippen LogP contribution in [0.25, 0.3) is 0 Å². The zero-order chi connectivity index (χ0) is 16.1. The maximum absolute atomic E-state index is 6.54. The first-order valence-electron chi connectivity index (χ1n) is 7.65. The van der Waals surface area contributed by atoms with Crippen LogP contribution in [0.15, 0.2) is 0 Å². The molecule has 2 aliphatic heterocycles. The van der Waals surface area contributed by atoms with E-state index in [2.05, 4.69) is 33.9 Å². The first-order valence-corrected chi connectivity index (χ1v) is 10.6. The zero-order valence-electron chi connectivity index (χ0n) is 14.6. The van der Waals surface area contributed by atoms with Gasteiger partial charge >= 0.3 is 0 Å². The molecule has 0 saturated carbocycles. The van der Waals surface area contributed by atoms with Gasteiger partial charge in [-0.25, -0.2) is 0 Å². The standard InChI is InChI=1S/C15H30O5Si/c1-14(2,3)21(7,8)20-12-11-10(9-17-13(12)16-6)18-15(4,5)19-11/h10-13H,9H2,1-8H3/t10-,11-,12+,13+/m0/s1. The monoisotopic (exact) mass is 318 g/mol. The van der Waals surface area contributed by atoms with E-state index >= 15 is 0 Å². The minimum atomic E-state index is -1.95. The van der Waals surface area contributed by atoms with Gasteiger partial charge in [0.2, 0.25) is 0 Å². The van der Waals surface area contributed by atoms with Crippen molar-refractivity contribution in [1.29, 1.82) is 0 Å². The Hall–Kier alpha value is 0.0169. The summed E-state index contributed by atoms with van der Waals surface area (Å²) in [6.07, 6.45) is -0.900. The smallest absolute Gasteiger partial charge is 0.192 e. The molecule has 2 heterocycles. The van der Waals surface area contributed by atoms with Gasteiger partial charge in [0, 0.05) is 7.11 Å². The second-order valence-electron chi connectivity index (χ2n) is 7.92. The van der Waals surface area contributed by atoms with E-state index in [9.17, 15) is 0 Å². The van der Waals surface area contributed by atoms with Crippen LogP contribution in [0.2, 0.25) is 18.1 Å². The molecule has 2 fully saturated rings. The number of methoxy groups -OCH3 is 1. The van der Waals surface area contributed by atoms with Crippen molar-refractivity contribution >= 4 is 8.32 Å². The Labute approximate surface area is 129 Å². The van der Waals surface area contributed by atoms with E-state index in [1.165, 1.54) is 0 Å². The van der Waals surface area contributed by atoms with Crippen molar-refractivity contribution in [3.8, 4) is 0 Å². The zero-order valence-corrected chi connectivity index (χ0v) is 15.6. The Bertz CT molecular complexity index is 377. The molecule has 2 aliphatic rings. The van der Waals surface area contributed by atoms with Crippen LogP contribution in [0, 0.1) is 0 Å². The van der Waals surface area contributed by atoms with Crippen LogP contribution in [0.5, 0.6) is 0 Å². The van der Waals surface area contributed by atoms with Gasteiger partial charge in [-0.05, 0) is 32.0 Å². The van der Waals surface area contributed by atoms with Gasteiger partial charge in [0.05, 0.1) is 6.61 Å². The molecule has 5 nitrogen and oxygen atoms in total. The molecule has 124 valence electrons. The molecule has 0 unspecified atom stereocenters. The maximum atomic E-state index is 6.54. The summed E-state index contributed by atoms with van der Waals surface area (Å²) in [6, 6.07) is 0. The molecular weight excluding hydrogens is 288 g/mol. The third kappa shape index (κ3) is 3.51. The van der Waals surface area contributed by atoms with Gasteiger partial charge in [0.15, 0.2) is 20.4 Å². The van der Waals surface area contributed by atoms with Crippen LogP contribution in [0.1, 0.15) is 34.6 Å². The van der Waals surface area contributed by atoms with Crippen LogP contribution in [0.4, 0.5) is 0 Å². The van der Waals surface area contributed by atoms with Crippen molar-refractivity contribution in [2.45, 2.75) is 83.1 Å². The van der Waals surface area contributed by atoms with Crippen molar-refractivity contribution in [2.24, 2.45) is 0 Å². The summed E-state index contributed by atoms with van der Waals surface area (Å²) in [5.74, 6) is -0.601. The molecule has 2 rings (SSSR count). The van der Waals surface area contributed by atoms with Gasteiger partial charge in [0.1, 0.15) is 18.3 Å². The molecule has 0 aliphatic carbocycles. The molecule has 4 atom stereocenters. The summed E-state index contributed by atoms with van der Waals surface area (Å²) in [4.78, 5) is 0. The van der Waals surface area contributed by atoms with Crippen molar-refractivity contribution < 1.29 is 23.4 Å². The van der Waals surface area contributed by atoms with Crippen LogP contribution < -0.4 is 0 Å². The summed E-state index contributed by atoms with van der Waals surface area (Å²) >= 11 is 0. The molecule has 6 heteroatoms. The number of ether oxygens (including phenoxy) is 4. The second-order valence-corrected chi connectivity index (χ2v) is 12.7. The van der Waals surface area contributed by atoms with Crippen LogP contribution >= 0.6 is 0 Å². The lowest BCUT2D eigenvalue weighted by molar-refractivity contribution is -0.237. The lowest BCUT2D eigenvalue weighted by Crippen LogP contribution is -2.58. The Morgan fingerprint density at radius 2 is 1.76 bits per heavy atom. The van der Waals surface area contributed by atoms with Crippen molar-refractivity contribution in [2.75, 3.05) is 13.7 Å². The quantitative estimate of drug-likeness (QED) is 0.749. The fraction of sp³-hybridized carbons (Fsp3) is 1.00. The minimum Gasteiger partial charge on any atom is -0.406 e. The summed E-state index contributed by atoms with van der Waals surface area (Å²) in [5, 5.41) is 0.118. The fourth-order valence-corrected chi connectivity index (χ4v) is 3.83. The Kier molecular flexibility index (Phi) is 4.62. The molecule has 0 bridgehead atoms. The van der Waals surface area contributed by atoms with E-state index in [0.717, 1.165) is 0 Å². The predicted molar refractivity (Wildman–Crippen MR) is 82.6 cm³/mol. The summed E-state index contributed by atoms with van der Waals surface area (Å²) in [6.45, 7) is 15.4. The number of fused-ring (bicyclic) bond motifs is 1. The Balaban J connectivity index is 2.20. The average Bonchev–Trinajstić information content (AvgIpc) is 2.62. The average molecular weight is 318 g/mol. The van der Waals surface area contributed by atoms with E-state index in [-0.39, 0.29) is 23.4 Å². The maximum Gasteiger partial charge on any atom is 0.192 e.